The molecule has 0 bridgehead atoms. The third kappa shape index (κ3) is 6.03. The summed E-state index contributed by atoms with van der Waals surface area (Å²) in [5, 5.41) is 27.6. The van der Waals surface area contributed by atoms with Crippen LogP contribution in [0.5, 0.6) is 0 Å². The molecule has 11 heteroatoms. The van der Waals surface area contributed by atoms with Crippen molar-refractivity contribution in [1.82, 2.24) is 4.31 Å². The molecule has 0 saturated carbocycles. The van der Waals surface area contributed by atoms with Crippen LogP contribution in [0.4, 0.5) is 0 Å². The standard InChI is InChI=1S/C20H23AsN2O6S2/c1-3-4-7-23(8-9-24)31(28,29)18-11-17(30-13(18)2)19(25)21-16-6-5-14(12-22)10-15(16)20(26)27/h5-6,10-11,21,24H,3-4,7-9H2,1-2H3,(H,26,27). The van der Waals surface area contributed by atoms with Crippen LogP contribution >= 0.6 is 11.3 Å². The van der Waals surface area contributed by atoms with Crippen molar-refractivity contribution in [3.63, 3.8) is 0 Å². The molecule has 0 aliphatic heterocycles. The number of thiophene rings is 1. The first-order valence-corrected chi connectivity index (χ1v) is 13.8. The van der Waals surface area contributed by atoms with Crippen molar-refractivity contribution in [3.8, 4) is 6.07 Å². The predicted octanol–water partition coefficient (Wildman–Crippen LogP) is 1.31. The zero-order chi connectivity index (χ0) is 23.2. The average Bonchev–Trinajstić information content (AvgIpc) is 3.13. The number of aliphatic hydroxyl groups excluding tert-OH is 1. The van der Waals surface area contributed by atoms with Gasteiger partial charge in [-0.1, -0.05) is 0 Å². The van der Waals surface area contributed by atoms with Gasteiger partial charge in [0.2, 0.25) is 0 Å². The number of hydrogen-bond donors (Lipinski definition) is 2. The molecule has 31 heavy (non-hydrogen) atoms. The molecule has 166 valence electrons. The van der Waals surface area contributed by atoms with Gasteiger partial charge in [-0.15, -0.1) is 0 Å². The van der Waals surface area contributed by atoms with Gasteiger partial charge < -0.3 is 0 Å². The van der Waals surface area contributed by atoms with Crippen LogP contribution in [0.2, 0.25) is 0 Å². The first-order valence-electron chi connectivity index (χ1n) is 9.45. The summed E-state index contributed by atoms with van der Waals surface area (Å²) in [6.07, 6.45) is 1.45. The zero-order valence-corrected chi connectivity index (χ0v) is 20.8. The molecule has 0 amide bonds. The van der Waals surface area contributed by atoms with Crippen LogP contribution in [0.1, 0.15) is 50.2 Å². The molecule has 0 aliphatic carbocycles. The number of rotatable bonds is 11. The van der Waals surface area contributed by atoms with Gasteiger partial charge in [0, 0.05) is 0 Å². The molecule has 1 aromatic heterocycles. The minimum absolute atomic E-state index is 0.0258. The summed E-state index contributed by atoms with van der Waals surface area (Å²) in [6.45, 7) is 3.51. The van der Waals surface area contributed by atoms with Gasteiger partial charge in [-0.25, -0.2) is 0 Å². The molecule has 0 saturated heterocycles. The Morgan fingerprint density at radius 2 is 1.97 bits per heavy atom. The van der Waals surface area contributed by atoms with E-state index >= 15 is 0 Å². The van der Waals surface area contributed by atoms with Crippen LogP contribution in [-0.4, -0.2) is 68.9 Å². The fourth-order valence-electron chi connectivity index (χ4n) is 2.85. The van der Waals surface area contributed by atoms with Crippen LogP contribution in [-0.2, 0) is 10.0 Å². The first kappa shape index (κ1) is 25.2. The number of aryl methyl sites for hydroxylation is 1. The summed E-state index contributed by atoms with van der Waals surface area (Å²) in [7, 11) is -3.87. The third-order valence-electron chi connectivity index (χ3n) is 4.45. The number of carboxylic acids is 1. The fraction of sp³-hybridized carbons (Fsp3) is 0.350. The van der Waals surface area contributed by atoms with E-state index in [0.29, 0.717) is 15.6 Å². The summed E-state index contributed by atoms with van der Waals surface area (Å²) >= 11 is -0.523. The van der Waals surface area contributed by atoms with E-state index in [-0.39, 0.29) is 45.2 Å². The molecule has 2 aromatic rings. The molecular weight excluding hydrogens is 503 g/mol. The average molecular weight is 526 g/mol. The number of unbranched alkanes of at least 4 members (excludes halogenated alkanes) is 1. The number of hydrogen-bond acceptors (Lipinski definition) is 7. The minimum atomic E-state index is -3.87. The second kappa shape index (κ2) is 11.0. The molecule has 2 N–H and O–H groups in total. The van der Waals surface area contributed by atoms with Crippen LogP contribution in [0.3, 0.4) is 0 Å². The number of nitrogens with zero attached hydrogens (tertiary/aromatic N) is 2. The van der Waals surface area contributed by atoms with E-state index in [1.165, 1.54) is 28.6 Å². The number of aromatic carboxylic acids is 1. The number of aliphatic hydroxyl groups is 1. The van der Waals surface area contributed by atoms with Gasteiger partial charge in [-0.3, -0.25) is 0 Å². The molecule has 1 heterocycles. The van der Waals surface area contributed by atoms with Gasteiger partial charge in [0.05, 0.1) is 0 Å². The van der Waals surface area contributed by atoms with E-state index in [0.717, 1.165) is 17.8 Å². The van der Waals surface area contributed by atoms with Crippen LogP contribution in [0.15, 0.2) is 29.2 Å². The van der Waals surface area contributed by atoms with Crippen molar-refractivity contribution in [2.24, 2.45) is 0 Å². The third-order valence-corrected chi connectivity index (χ3v) is 10.6. The number of carbonyl (C=O) groups is 2. The molecule has 1 atom stereocenters. The Hall–Kier alpha value is -2.02. The van der Waals surface area contributed by atoms with Gasteiger partial charge >= 0.3 is 192 Å². The zero-order valence-electron chi connectivity index (χ0n) is 17.1. The topological polar surface area (TPSA) is 136 Å². The number of carbonyl (C=O) groups excluding carboxylic acids is 1. The van der Waals surface area contributed by atoms with Crippen molar-refractivity contribution in [3.05, 3.63) is 45.1 Å². The molecule has 2 rings (SSSR count). The number of sulfonamides is 1. The Labute approximate surface area is 191 Å². The van der Waals surface area contributed by atoms with Crippen LogP contribution in [0, 0.1) is 18.3 Å². The predicted molar refractivity (Wildman–Crippen MR) is 119 cm³/mol. The van der Waals surface area contributed by atoms with Gasteiger partial charge in [0.15, 0.2) is 0 Å². The van der Waals surface area contributed by atoms with E-state index in [2.05, 4.69) is 0 Å². The number of nitriles is 1. The second-order valence-corrected chi connectivity index (χ2v) is 12.4. The molecule has 1 unspecified atom stereocenters. The number of benzene rings is 1. The summed E-state index contributed by atoms with van der Waals surface area (Å²) in [6, 6.07) is 7.41. The van der Waals surface area contributed by atoms with Gasteiger partial charge in [-0.2, -0.15) is 0 Å². The Kier molecular flexibility index (Phi) is 8.98. The molecule has 8 nitrogen and oxygen atoms in total. The molecule has 0 radical (unpaired) electrons. The Balaban J connectivity index is 2.35. The summed E-state index contributed by atoms with van der Waals surface area (Å²) in [5.41, 5.74) is 0.110. The second-order valence-electron chi connectivity index (χ2n) is 6.64. The maximum atomic E-state index is 13.1. The first-order chi connectivity index (χ1) is 14.6. The van der Waals surface area contributed by atoms with Crippen molar-refractivity contribution >= 4 is 52.0 Å². The summed E-state index contributed by atoms with van der Waals surface area (Å²) < 4.78 is 27.4. The molecule has 0 spiro atoms. The molecule has 0 aliphatic rings. The van der Waals surface area contributed by atoms with E-state index in [1.54, 1.807) is 6.92 Å². The van der Waals surface area contributed by atoms with E-state index < -0.39 is 31.7 Å². The van der Waals surface area contributed by atoms with E-state index in [9.17, 15) is 28.2 Å². The van der Waals surface area contributed by atoms with Crippen molar-refractivity contribution < 1.29 is 28.2 Å². The maximum absolute atomic E-state index is 13.1. The van der Waals surface area contributed by atoms with Gasteiger partial charge in [-0.05, 0) is 0 Å². The summed E-state index contributed by atoms with van der Waals surface area (Å²) in [5.74, 6) is -1.22. The Morgan fingerprint density at radius 1 is 1.26 bits per heavy atom. The summed E-state index contributed by atoms with van der Waals surface area (Å²) in [4.78, 5) is 25.1. The van der Waals surface area contributed by atoms with E-state index in [4.69, 9.17) is 5.26 Å². The molecular formula is C20H23AsN2O6S2. The number of carboxylic acid groups (broad SMARTS) is 1. The van der Waals surface area contributed by atoms with Crippen molar-refractivity contribution in [2.75, 3.05) is 19.7 Å². The molecule has 0 fully saturated rings. The Morgan fingerprint density at radius 3 is 2.55 bits per heavy atom. The quantitative estimate of drug-likeness (QED) is 0.422. The SMILES string of the molecule is CCCCN(CCO)S(=O)(=O)c1cc(C(=O)[AsH]c2ccc(C#N)cc2C(=O)O)sc1C. The normalized spacial score (nSPS) is 11.8. The molecule has 1 aromatic carbocycles. The Bertz CT molecular complexity index is 1120. The van der Waals surface area contributed by atoms with Crippen molar-refractivity contribution in [1.29, 1.82) is 5.26 Å². The van der Waals surface area contributed by atoms with Crippen molar-refractivity contribution in [2.45, 2.75) is 31.6 Å². The van der Waals surface area contributed by atoms with Gasteiger partial charge in [0.25, 0.3) is 0 Å². The van der Waals surface area contributed by atoms with Crippen LogP contribution < -0.4 is 4.35 Å². The monoisotopic (exact) mass is 526 g/mol. The van der Waals surface area contributed by atoms with Crippen LogP contribution in [0.25, 0.3) is 0 Å². The van der Waals surface area contributed by atoms with E-state index in [1.807, 2.05) is 13.0 Å². The fourth-order valence-corrected chi connectivity index (χ4v) is 8.25. The van der Waals surface area contributed by atoms with Gasteiger partial charge in [0.1, 0.15) is 0 Å².